The molecule has 84 valence electrons. The molecule has 5 heteroatoms. The van der Waals surface area contributed by atoms with Crippen LogP contribution >= 0.6 is 0 Å². The topological polar surface area (TPSA) is 56.1 Å². The molecule has 0 spiro atoms. The molecule has 0 radical (unpaired) electrons. The van der Waals surface area contributed by atoms with Gasteiger partial charge in [-0.2, -0.15) is 5.10 Å². The van der Waals surface area contributed by atoms with Crippen LogP contribution in [0.15, 0.2) is 23.1 Å². The Kier molecular flexibility index (Phi) is 5.00. The molecule has 0 amide bonds. The van der Waals surface area contributed by atoms with Gasteiger partial charge in [0.1, 0.15) is 0 Å². The third kappa shape index (κ3) is 4.22. The Morgan fingerprint density at radius 2 is 2.47 bits per heavy atom. The highest BCUT2D eigenvalue weighted by molar-refractivity contribution is 4.84. The molecule has 1 aromatic rings. The summed E-state index contributed by atoms with van der Waals surface area (Å²) in [6, 6.07) is 3.43. The second-order valence-corrected chi connectivity index (χ2v) is 3.40. The molecule has 0 aliphatic heterocycles. The summed E-state index contributed by atoms with van der Waals surface area (Å²) in [5.41, 5.74) is -0.0707. The highest BCUT2D eigenvalue weighted by Gasteiger charge is 2.00. The Morgan fingerprint density at radius 1 is 1.67 bits per heavy atom. The van der Waals surface area contributed by atoms with Crippen molar-refractivity contribution in [1.82, 2.24) is 15.1 Å². The Morgan fingerprint density at radius 3 is 3.13 bits per heavy atom. The zero-order valence-electron chi connectivity index (χ0n) is 9.14. The summed E-state index contributed by atoms with van der Waals surface area (Å²) in [5, 5.41) is 7.19. The van der Waals surface area contributed by atoms with Crippen molar-refractivity contribution in [1.29, 1.82) is 0 Å². The summed E-state index contributed by atoms with van der Waals surface area (Å²) in [7, 11) is 1.67. The fourth-order valence-electron chi connectivity index (χ4n) is 1.28. The first kappa shape index (κ1) is 11.9. The molecule has 5 nitrogen and oxygen atoms in total. The SMILES string of the molecule is COCC(C)NCCn1ncccc1=O. The fourth-order valence-corrected chi connectivity index (χ4v) is 1.28. The standard InChI is InChI=1S/C10H17N3O2/c1-9(8-15-2)11-6-7-13-10(14)4-3-5-12-13/h3-5,9,11H,6-8H2,1-2H3. The minimum absolute atomic E-state index is 0.0707. The predicted octanol–water partition coefficient (Wildman–Crippen LogP) is -0.132. The van der Waals surface area contributed by atoms with Crippen LogP contribution in [0.5, 0.6) is 0 Å². The lowest BCUT2D eigenvalue weighted by Crippen LogP contribution is -2.35. The van der Waals surface area contributed by atoms with Gasteiger partial charge in [0.2, 0.25) is 0 Å². The third-order valence-corrected chi connectivity index (χ3v) is 2.02. The van der Waals surface area contributed by atoms with Crippen molar-refractivity contribution in [2.24, 2.45) is 0 Å². The van der Waals surface area contributed by atoms with Crippen molar-refractivity contribution >= 4 is 0 Å². The van der Waals surface area contributed by atoms with Crippen LogP contribution in [0.2, 0.25) is 0 Å². The smallest absolute Gasteiger partial charge is 0.266 e. The van der Waals surface area contributed by atoms with Gasteiger partial charge in [0.15, 0.2) is 0 Å². The maximum Gasteiger partial charge on any atom is 0.266 e. The molecule has 0 fully saturated rings. The summed E-state index contributed by atoms with van der Waals surface area (Å²) >= 11 is 0. The van der Waals surface area contributed by atoms with Gasteiger partial charge in [-0.3, -0.25) is 4.79 Å². The Balaban J connectivity index is 2.32. The van der Waals surface area contributed by atoms with Crippen molar-refractivity contribution in [2.75, 3.05) is 20.3 Å². The number of ether oxygens (including phenoxy) is 1. The van der Waals surface area contributed by atoms with Crippen LogP contribution in [0.25, 0.3) is 0 Å². The minimum atomic E-state index is -0.0707. The van der Waals surface area contributed by atoms with E-state index < -0.39 is 0 Å². The molecule has 0 bridgehead atoms. The van der Waals surface area contributed by atoms with Gasteiger partial charge in [-0.15, -0.1) is 0 Å². The molecule has 1 N–H and O–H groups in total. The van der Waals surface area contributed by atoms with Gasteiger partial charge in [0.05, 0.1) is 13.2 Å². The first-order chi connectivity index (χ1) is 7.24. The molecule has 0 aromatic carbocycles. The van der Waals surface area contributed by atoms with Crippen LogP contribution in [-0.2, 0) is 11.3 Å². The molecule has 0 aliphatic carbocycles. The van der Waals surface area contributed by atoms with Crippen LogP contribution in [0.4, 0.5) is 0 Å². The number of hydrogen-bond donors (Lipinski definition) is 1. The summed E-state index contributed by atoms with van der Waals surface area (Å²) in [6.07, 6.45) is 1.61. The third-order valence-electron chi connectivity index (χ3n) is 2.02. The Labute approximate surface area is 89.1 Å². The molecular weight excluding hydrogens is 194 g/mol. The van der Waals surface area contributed by atoms with E-state index in [1.807, 2.05) is 6.92 Å². The van der Waals surface area contributed by atoms with E-state index in [-0.39, 0.29) is 11.6 Å². The van der Waals surface area contributed by atoms with Crippen molar-refractivity contribution in [3.63, 3.8) is 0 Å². The van der Waals surface area contributed by atoms with Gasteiger partial charge in [-0.25, -0.2) is 4.68 Å². The lowest BCUT2D eigenvalue weighted by atomic mass is 10.3. The first-order valence-corrected chi connectivity index (χ1v) is 4.98. The lowest BCUT2D eigenvalue weighted by Gasteiger charge is -2.12. The number of nitrogens with one attached hydrogen (secondary N) is 1. The number of rotatable bonds is 6. The Bertz CT molecular complexity index is 337. The first-order valence-electron chi connectivity index (χ1n) is 4.98. The van der Waals surface area contributed by atoms with Crippen molar-refractivity contribution in [3.05, 3.63) is 28.7 Å². The van der Waals surface area contributed by atoms with Crippen molar-refractivity contribution in [3.8, 4) is 0 Å². The van der Waals surface area contributed by atoms with Crippen LogP contribution in [0, 0.1) is 0 Å². The molecule has 0 saturated carbocycles. The van der Waals surface area contributed by atoms with E-state index in [0.29, 0.717) is 19.7 Å². The maximum absolute atomic E-state index is 11.3. The normalized spacial score (nSPS) is 12.7. The van der Waals surface area contributed by atoms with Gasteiger partial charge in [0, 0.05) is 32.0 Å². The zero-order chi connectivity index (χ0) is 11.1. The van der Waals surface area contributed by atoms with E-state index >= 15 is 0 Å². The monoisotopic (exact) mass is 211 g/mol. The summed E-state index contributed by atoms with van der Waals surface area (Å²) in [4.78, 5) is 11.3. The van der Waals surface area contributed by atoms with E-state index in [4.69, 9.17) is 4.74 Å². The van der Waals surface area contributed by atoms with E-state index in [1.165, 1.54) is 10.7 Å². The van der Waals surface area contributed by atoms with Crippen LogP contribution < -0.4 is 10.9 Å². The van der Waals surface area contributed by atoms with E-state index in [9.17, 15) is 4.79 Å². The van der Waals surface area contributed by atoms with Crippen molar-refractivity contribution < 1.29 is 4.74 Å². The highest BCUT2D eigenvalue weighted by Crippen LogP contribution is 1.82. The lowest BCUT2D eigenvalue weighted by molar-refractivity contribution is 0.171. The number of nitrogens with zero attached hydrogens (tertiary/aromatic N) is 2. The van der Waals surface area contributed by atoms with Gasteiger partial charge in [-0.1, -0.05) is 0 Å². The Hall–Kier alpha value is -1.20. The summed E-state index contributed by atoms with van der Waals surface area (Å²) in [6.45, 7) is 3.98. The maximum atomic E-state index is 11.3. The molecule has 0 aliphatic rings. The molecule has 1 rings (SSSR count). The van der Waals surface area contributed by atoms with Gasteiger partial charge in [0.25, 0.3) is 5.56 Å². The van der Waals surface area contributed by atoms with E-state index in [2.05, 4.69) is 10.4 Å². The predicted molar refractivity (Wildman–Crippen MR) is 57.8 cm³/mol. The molecule has 15 heavy (non-hydrogen) atoms. The molecule has 1 unspecified atom stereocenters. The van der Waals surface area contributed by atoms with E-state index in [1.54, 1.807) is 19.4 Å². The molecule has 1 aromatic heterocycles. The largest absolute Gasteiger partial charge is 0.383 e. The van der Waals surface area contributed by atoms with Gasteiger partial charge >= 0.3 is 0 Å². The van der Waals surface area contributed by atoms with Gasteiger partial charge in [-0.05, 0) is 13.0 Å². The molecular formula is C10H17N3O2. The minimum Gasteiger partial charge on any atom is -0.383 e. The summed E-state index contributed by atoms with van der Waals surface area (Å²) < 4.78 is 6.42. The zero-order valence-corrected chi connectivity index (χ0v) is 9.14. The van der Waals surface area contributed by atoms with Gasteiger partial charge < -0.3 is 10.1 Å². The number of hydrogen-bond acceptors (Lipinski definition) is 4. The van der Waals surface area contributed by atoms with Crippen LogP contribution in [0.1, 0.15) is 6.92 Å². The molecule has 1 atom stereocenters. The second kappa shape index (κ2) is 6.31. The van der Waals surface area contributed by atoms with Crippen molar-refractivity contribution in [2.45, 2.75) is 19.5 Å². The summed E-state index contributed by atoms with van der Waals surface area (Å²) in [5.74, 6) is 0. The number of aromatic nitrogens is 2. The van der Waals surface area contributed by atoms with Crippen LogP contribution in [0.3, 0.4) is 0 Å². The average molecular weight is 211 g/mol. The highest BCUT2D eigenvalue weighted by atomic mass is 16.5. The fraction of sp³-hybridized carbons (Fsp3) is 0.600. The number of methoxy groups -OCH3 is 1. The average Bonchev–Trinajstić information content (AvgIpc) is 2.21. The molecule has 0 saturated heterocycles. The quantitative estimate of drug-likeness (QED) is 0.712. The van der Waals surface area contributed by atoms with Crippen LogP contribution in [-0.4, -0.2) is 36.1 Å². The molecule has 1 heterocycles. The second-order valence-electron chi connectivity index (χ2n) is 3.40. The van der Waals surface area contributed by atoms with E-state index in [0.717, 1.165) is 0 Å².